The molecule has 4 rings (SSSR count). The predicted octanol–water partition coefficient (Wildman–Crippen LogP) is 6.57. The van der Waals surface area contributed by atoms with Gasteiger partial charge in [0.1, 0.15) is 5.78 Å². The summed E-state index contributed by atoms with van der Waals surface area (Å²) in [5.74, 6) is 4.32. The number of rotatable bonds is 5. The standard InChI is InChI=1S/C27H44O2/c1-17(2)6-11-25(29)18(3)22-9-10-23-21-8-7-19-16-20(28)12-14-26(19,4)24(21)13-15-27(22,23)5/h7,17-18,20-24,28H,6,8-16H2,1-5H3/t18-,20-,21?,22+,23?,24?,26-,27+/m0/s1. The maximum Gasteiger partial charge on any atom is 0.136 e. The van der Waals surface area contributed by atoms with Gasteiger partial charge in [-0.25, -0.2) is 0 Å². The van der Waals surface area contributed by atoms with Crippen LogP contribution in [-0.2, 0) is 4.79 Å². The summed E-state index contributed by atoms with van der Waals surface area (Å²) in [4.78, 5) is 13.0. The summed E-state index contributed by atoms with van der Waals surface area (Å²) < 4.78 is 0. The zero-order valence-electron chi connectivity index (χ0n) is 19.5. The lowest BCUT2D eigenvalue weighted by atomic mass is 9.47. The molecule has 0 amide bonds. The predicted molar refractivity (Wildman–Crippen MR) is 119 cm³/mol. The minimum Gasteiger partial charge on any atom is -0.393 e. The lowest BCUT2D eigenvalue weighted by Gasteiger charge is -2.58. The summed E-state index contributed by atoms with van der Waals surface area (Å²) in [5.41, 5.74) is 2.23. The molecule has 29 heavy (non-hydrogen) atoms. The van der Waals surface area contributed by atoms with E-state index in [0.29, 0.717) is 28.4 Å². The van der Waals surface area contributed by atoms with E-state index in [1.807, 2.05) is 0 Å². The van der Waals surface area contributed by atoms with E-state index in [1.165, 1.54) is 32.1 Å². The summed E-state index contributed by atoms with van der Waals surface area (Å²) in [6, 6.07) is 0. The van der Waals surface area contributed by atoms with Crippen LogP contribution in [-0.4, -0.2) is 17.0 Å². The Morgan fingerprint density at radius 1 is 1.10 bits per heavy atom. The van der Waals surface area contributed by atoms with E-state index >= 15 is 0 Å². The maximum atomic E-state index is 13.0. The first kappa shape index (κ1) is 21.6. The number of carbonyl (C=O) groups is 1. The molecule has 8 atom stereocenters. The van der Waals surface area contributed by atoms with Crippen LogP contribution >= 0.6 is 0 Å². The zero-order chi connectivity index (χ0) is 21.0. The lowest BCUT2D eigenvalue weighted by molar-refractivity contribution is -0.127. The van der Waals surface area contributed by atoms with Crippen molar-refractivity contribution in [2.75, 3.05) is 0 Å². The Morgan fingerprint density at radius 2 is 1.86 bits per heavy atom. The fraction of sp³-hybridized carbons (Fsp3) is 0.889. The molecule has 0 heterocycles. The van der Waals surface area contributed by atoms with Gasteiger partial charge < -0.3 is 5.11 Å². The lowest BCUT2D eigenvalue weighted by Crippen LogP contribution is -2.51. The van der Waals surface area contributed by atoms with E-state index in [9.17, 15) is 9.90 Å². The van der Waals surface area contributed by atoms with Crippen LogP contribution in [0.4, 0.5) is 0 Å². The van der Waals surface area contributed by atoms with Gasteiger partial charge in [0.05, 0.1) is 6.10 Å². The second kappa shape index (κ2) is 7.81. The third kappa shape index (κ3) is 3.56. The fourth-order valence-corrected chi connectivity index (χ4v) is 8.39. The molecule has 3 saturated carbocycles. The molecule has 0 aliphatic heterocycles. The fourth-order valence-electron chi connectivity index (χ4n) is 8.39. The molecule has 1 N–H and O–H groups in total. The van der Waals surface area contributed by atoms with Crippen LogP contribution in [0.2, 0.25) is 0 Å². The van der Waals surface area contributed by atoms with Gasteiger partial charge in [0.25, 0.3) is 0 Å². The zero-order valence-corrected chi connectivity index (χ0v) is 19.5. The molecular formula is C27H44O2. The molecule has 4 aliphatic carbocycles. The number of aliphatic hydroxyl groups excluding tert-OH is 1. The number of fused-ring (bicyclic) bond motifs is 5. The minimum absolute atomic E-state index is 0.117. The van der Waals surface area contributed by atoms with Gasteiger partial charge in [-0.15, -0.1) is 0 Å². The summed E-state index contributed by atoms with van der Waals surface area (Å²) in [6.45, 7) is 11.7. The van der Waals surface area contributed by atoms with Crippen LogP contribution in [0.5, 0.6) is 0 Å². The summed E-state index contributed by atoms with van der Waals surface area (Å²) in [7, 11) is 0. The summed E-state index contributed by atoms with van der Waals surface area (Å²) in [5, 5.41) is 10.2. The van der Waals surface area contributed by atoms with Crippen LogP contribution in [0.25, 0.3) is 0 Å². The van der Waals surface area contributed by atoms with Gasteiger partial charge in [-0.2, -0.15) is 0 Å². The van der Waals surface area contributed by atoms with E-state index in [1.54, 1.807) is 5.57 Å². The van der Waals surface area contributed by atoms with Gasteiger partial charge in [-0.1, -0.05) is 46.3 Å². The van der Waals surface area contributed by atoms with Crippen molar-refractivity contribution in [2.24, 2.45) is 46.3 Å². The first-order valence-corrected chi connectivity index (χ1v) is 12.6. The molecule has 4 aliphatic rings. The Balaban J connectivity index is 1.52. The highest BCUT2D eigenvalue weighted by Gasteiger charge is 2.59. The Bertz CT molecular complexity index is 663. The molecule has 0 spiro atoms. The van der Waals surface area contributed by atoms with Crippen LogP contribution in [0.1, 0.15) is 98.8 Å². The minimum atomic E-state index is -0.117. The molecule has 2 nitrogen and oxygen atoms in total. The van der Waals surface area contributed by atoms with Crippen molar-refractivity contribution < 1.29 is 9.90 Å². The molecule has 0 radical (unpaired) electrons. The number of ketones is 1. The maximum absolute atomic E-state index is 13.0. The Morgan fingerprint density at radius 3 is 2.59 bits per heavy atom. The van der Waals surface area contributed by atoms with Gasteiger partial charge in [-0.3, -0.25) is 4.79 Å². The number of Topliss-reactive ketones (excluding diaryl/α,β-unsaturated/α-hetero) is 1. The highest BCUT2D eigenvalue weighted by atomic mass is 16.3. The van der Waals surface area contributed by atoms with Gasteiger partial charge >= 0.3 is 0 Å². The van der Waals surface area contributed by atoms with Crippen molar-refractivity contribution in [3.05, 3.63) is 11.6 Å². The SMILES string of the molecule is CC(C)CCC(=O)[C@@H](C)[C@H]1CCC2C3CC=C4C[C@@H](O)CC[C@]4(C)C3CC[C@@]21C. The molecule has 0 saturated heterocycles. The van der Waals surface area contributed by atoms with Crippen LogP contribution < -0.4 is 0 Å². The van der Waals surface area contributed by atoms with Gasteiger partial charge in [0.2, 0.25) is 0 Å². The smallest absolute Gasteiger partial charge is 0.136 e. The first-order chi connectivity index (χ1) is 13.7. The molecular weight excluding hydrogens is 356 g/mol. The van der Waals surface area contributed by atoms with Crippen molar-refractivity contribution in [1.82, 2.24) is 0 Å². The molecule has 0 bridgehead atoms. The Kier molecular flexibility index (Phi) is 5.82. The van der Waals surface area contributed by atoms with Crippen molar-refractivity contribution in [3.63, 3.8) is 0 Å². The van der Waals surface area contributed by atoms with E-state index in [4.69, 9.17) is 0 Å². The van der Waals surface area contributed by atoms with E-state index in [-0.39, 0.29) is 12.0 Å². The van der Waals surface area contributed by atoms with Crippen LogP contribution in [0, 0.1) is 46.3 Å². The van der Waals surface area contributed by atoms with E-state index < -0.39 is 0 Å². The monoisotopic (exact) mass is 400 g/mol. The topological polar surface area (TPSA) is 37.3 Å². The average molecular weight is 401 g/mol. The molecule has 3 fully saturated rings. The molecule has 164 valence electrons. The molecule has 0 aromatic carbocycles. The van der Waals surface area contributed by atoms with Crippen LogP contribution in [0.15, 0.2) is 11.6 Å². The number of hydrogen-bond acceptors (Lipinski definition) is 2. The second-order valence-electron chi connectivity index (χ2n) is 12.1. The van der Waals surface area contributed by atoms with E-state index in [2.05, 4.69) is 40.7 Å². The highest BCUT2D eigenvalue weighted by Crippen LogP contribution is 2.67. The number of aliphatic hydroxyl groups is 1. The Labute approximate surface area is 178 Å². The number of hydrogen-bond donors (Lipinski definition) is 1. The number of allylic oxidation sites excluding steroid dienone is 1. The molecule has 0 aromatic heterocycles. The first-order valence-electron chi connectivity index (χ1n) is 12.6. The summed E-state index contributed by atoms with van der Waals surface area (Å²) in [6.07, 6.45) is 13.7. The quantitative estimate of drug-likeness (QED) is 0.530. The normalized spacial score (nSPS) is 45.2. The van der Waals surface area contributed by atoms with Crippen molar-refractivity contribution in [3.8, 4) is 0 Å². The largest absolute Gasteiger partial charge is 0.393 e. The molecule has 2 heteroatoms. The third-order valence-corrected chi connectivity index (χ3v) is 10.2. The van der Waals surface area contributed by atoms with Crippen molar-refractivity contribution in [2.45, 2.75) is 105 Å². The van der Waals surface area contributed by atoms with Crippen LogP contribution in [0.3, 0.4) is 0 Å². The second-order valence-corrected chi connectivity index (χ2v) is 12.1. The summed E-state index contributed by atoms with van der Waals surface area (Å²) >= 11 is 0. The Hall–Kier alpha value is -0.630. The highest BCUT2D eigenvalue weighted by molar-refractivity contribution is 5.81. The molecule has 3 unspecified atom stereocenters. The van der Waals surface area contributed by atoms with Gasteiger partial charge in [0.15, 0.2) is 0 Å². The average Bonchev–Trinajstić information content (AvgIpc) is 3.03. The van der Waals surface area contributed by atoms with Crippen molar-refractivity contribution >= 4 is 5.78 Å². The van der Waals surface area contributed by atoms with E-state index in [0.717, 1.165) is 49.9 Å². The molecule has 0 aromatic rings. The number of carbonyl (C=O) groups excluding carboxylic acids is 1. The van der Waals surface area contributed by atoms with Crippen molar-refractivity contribution in [1.29, 1.82) is 0 Å². The van der Waals surface area contributed by atoms with Gasteiger partial charge in [0, 0.05) is 12.3 Å². The van der Waals surface area contributed by atoms with Gasteiger partial charge in [-0.05, 0) is 98.2 Å². The third-order valence-electron chi connectivity index (χ3n) is 10.2.